The molecule has 8 heteroatoms. The van der Waals surface area contributed by atoms with Crippen LogP contribution in [-0.2, 0) is 9.47 Å². The highest BCUT2D eigenvalue weighted by Gasteiger charge is 2.17. The first kappa shape index (κ1) is 17.1. The van der Waals surface area contributed by atoms with Gasteiger partial charge in [-0.25, -0.2) is 9.97 Å². The van der Waals surface area contributed by atoms with E-state index >= 15 is 0 Å². The fraction of sp³-hybridized carbons (Fsp3) is 0.688. The molecule has 132 valence electrons. The molecule has 0 aromatic carbocycles. The van der Waals surface area contributed by atoms with Gasteiger partial charge in [0.15, 0.2) is 0 Å². The van der Waals surface area contributed by atoms with Crippen LogP contribution in [0.5, 0.6) is 0 Å². The Bertz CT molecular complexity index is 557. The summed E-state index contributed by atoms with van der Waals surface area (Å²) < 4.78 is 10.7. The van der Waals surface area contributed by atoms with E-state index in [4.69, 9.17) is 9.47 Å². The number of anilines is 1. The van der Waals surface area contributed by atoms with E-state index in [0.717, 1.165) is 51.8 Å². The second kappa shape index (κ2) is 8.36. The smallest absolute Gasteiger partial charge is 0.270 e. The third kappa shape index (κ3) is 4.62. The molecule has 0 bridgehead atoms. The maximum atomic E-state index is 12.4. The lowest BCUT2D eigenvalue weighted by molar-refractivity contribution is 0.0383. The number of hydrogen-bond donors (Lipinski definition) is 1. The first-order valence-electron chi connectivity index (χ1n) is 8.49. The zero-order chi connectivity index (χ0) is 16.8. The maximum Gasteiger partial charge on any atom is 0.270 e. The molecule has 2 fully saturated rings. The number of hydrogen-bond acceptors (Lipinski definition) is 7. The summed E-state index contributed by atoms with van der Waals surface area (Å²) in [5.74, 6) is 1.25. The van der Waals surface area contributed by atoms with Gasteiger partial charge in [-0.15, -0.1) is 0 Å². The van der Waals surface area contributed by atoms with E-state index in [1.165, 1.54) is 0 Å². The van der Waals surface area contributed by atoms with Crippen LogP contribution in [0.1, 0.15) is 16.3 Å². The van der Waals surface area contributed by atoms with Crippen LogP contribution in [0.25, 0.3) is 0 Å². The van der Waals surface area contributed by atoms with Crippen LogP contribution in [0.15, 0.2) is 6.07 Å². The van der Waals surface area contributed by atoms with Gasteiger partial charge in [-0.05, 0) is 6.92 Å². The molecule has 8 nitrogen and oxygen atoms in total. The summed E-state index contributed by atoms with van der Waals surface area (Å²) in [5.41, 5.74) is 0.422. The first-order valence-corrected chi connectivity index (χ1v) is 8.49. The molecule has 2 aliphatic heterocycles. The van der Waals surface area contributed by atoms with Gasteiger partial charge >= 0.3 is 0 Å². The molecule has 3 heterocycles. The van der Waals surface area contributed by atoms with Gasteiger partial charge in [0, 0.05) is 45.3 Å². The summed E-state index contributed by atoms with van der Waals surface area (Å²) in [6.07, 6.45) is 0. The molecular formula is C16H25N5O3. The fourth-order valence-corrected chi connectivity index (χ4v) is 2.87. The Kier molecular flexibility index (Phi) is 5.95. The molecule has 0 unspecified atom stereocenters. The maximum absolute atomic E-state index is 12.4. The highest BCUT2D eigenvalue weighted by Crippen LogP contribution is 2.14. The lowest BCUT2D eigenvalue weighted by Gasteiger charge is -2.28. The fourth-order valence-electron chi connectivity index (χ4n) is 2.87. The van der Waals surface area contributed by atoms with Gasteiger partial charge in [-0.1, -0.05) is 0 Å². The van der Waals surface area contributed by atoms with Crippen LogP contribution in [0.2, 0.25) is 0 Å². The zero-order valence-electron chi connectivity index (χ0n) is 14.2. The summed E-state index contributed by atoms with van der Waals surface area (Å²) in [6.45, 7) is 9.56. The summed E-state index contributed by atoms with van der Waals surface area (Å²) in [5, 5.41) is 2.95. The zero-order valence-corrected chi connectivity index (χ0v) is 14.2. The second-order valence-electron chi connectivity index (χ2n) is 5.97. The molecule has 0 aliphatic carbocycles. The number of nitrogens with one attached hydrogen (secondary N) is 1. The number of aryl methyl sites for hydroxylation is 1. The predicted octanol–water partition coefficient (Wildman–Crippen LogP) is -0.316. The van der Waals surface area contributed by atoms with Crippen LogP contribution < -0.4 is 10.2 Å². The minimum atomic E-state index is -0.150. The van der Waals surface area contributed by atoms with E-state index in [1.807, 2.05) is 6.92 Å². The predicted molar refractivity (Wildman–Crippen MR) is 89.4 cm³/mol. The van der Waals surface area contributed by atoms with Crippen LogP contribution in [0.3, 0.4) is 0 Å². The summed E-state index contributed by atoms with van der Waals surface area (Å²) >= 11 is 0. The normalized spacial score (nSPS) is 19.3. The van der Waals surface area contributed by atoms with E-state index in [-0.39, 0.29) is 5.91 Å². The van der Waals surface area contributed by atoms with Gasteiger partial charge in [0.05, 0.1) is 26.4 Å². The van der Waals surface area contributed by atoms with Crippen LogP contribution in [-0.4, -0.2) is 86.5 Å². The molecule has 0 saturated carbocycles. The van der Waals surface area contributed by atoms with Crippen molar-refractivity contribution in [3.8, 4) is 0 Å². The number of carbonyl (C=O) groups is 1. The third-order valence-corrected chi connectivity index (χ3v) is 4.21. The molecule has 1 amide bonds. The Morgan fingerprint density at radius 2 is 1.79 bits per heavy atom. The largest absolute Gasteiger partial charge is 0.379 e. The van der Waals surface area contributed by atoms with Gasteiger partial charge in [0.2, 0.25) is 0 Å². The Morgan fingerprint density at radius 3 is 2.50 bits per heavy atom. The lowest BCUT2D eigenvalue weighted by Crippen LogP contribution is -2.41. The molecule has 1 N–H and O–H groups in total. The number of morpholine rings is 2. The van der Waals surface area contributed by atoms with Crippen molar-refractivity contribution in [1.29, 1.82) is 0 Å². The number of ether oxygens (including phenoxy) is 2. The van der Waals surface area contributed by atoms with E-state index in [0.29, 0.717) is 31.3 Å². The Morgan fingerprint density at radius 1 is 1.12 bits per heavy atom. The molecule has 0 radical (unpaired) electrons. The molecule has 2 aliphatic rings. The van der Waals surface area contributed by atoms with Crippen molar-refractivity contribution in [3.05, 3.63) is 17.6 Å². The van der Waals surface area contributed by atoms with Crippen LogP contribution >= 0.6 is 0 Å². The highest BCUT2D eigenvalue weighted by atomic mass is 16.5. The third-order valence-electron chi connectivity index (χ3n) is 4.21. The van der Waals surface area contributed by atoms with Crippen molar-refractivity contribution in [2.75, 3.05) is 70.6 Å². The molecule has 1 aromatic rings. The highest BCUT2D eigenvalue weighted by molar-refractivity contribution is 5.92. The van der Waals surface area contributed by atoms with Gasteiger partial charge in [-0.2, -0.15) is 0 Å². The van der Waals surface area contributed by atoms with Crippen molar-refractivity contribution < 1.29 is 14.3 Å². The Hall–Kier alpha value is -1.77. The topological polar surface area (TPSA) is 79.8 Å². The van der Waals surface area contributed by atoms with E-state index in [1.54, 1.807) is 6.07 Å². The van der Waals surface area contributed by atoms with Gasteiger partial charge in [-0.3, -0.25) is 9.69 Å². The van der Waals surface area contributed by atoms with E-state index in [2.05, 4.69) is 25.1 Å². The van der Waals surface area contributed by atoms with Gasteiger partial charge < -0.3 is 19.7 Å². The van der Waals surface area contributed by atoms with Crippen LogP contribution in [0.4, 0.5) is 5.82 Å². The Labute approximate surface area is 142 Å². The molecule has 2 saturated heterocycles. The summed E-state index contributed by atoms with van der Waals surface area (Å²) in [6, 6.07) is 1.77. The minimum absolute atomic E-state index is 0.150. The molecule has 0 spiro atoms. The van der Waals surface area contributed by atoms with Crippen molar-refractivity contribution in [2.24, 2.45) is 0 Å². The van der Waals surface area contributed by atoms with Crippen molar-refractivity contribution in [3.63, 3.8) is 0 Å². The summed E-state index contributed by atoms with van der Waals surface area (Å²) in [7, 11) is 0. The van der Waals surface area contributed by atoms with Gasteiger partial charge in [0.1, 0.15) is 17.3 Å². The number of aromatic nitrogens is 2. The first-order chi connectivity index (χ1) is 11.7. The number of carbonyl (C=O) groups excluding carboxylic acids is 1. The van der Waals surface area contributed by atoms with Crippen molar-refractivity contribution in [2.45, 2.75) is 6.92 Å². The second-order valence-corrected chi connectivity index (χ2v) is 5.97. The molecule has 0 atom stereocenters. The molecular weight excluding hydrogens is 310 g/mol. The van der Waals surface area contributed by atoms with E-state index in [9.17, 15) is 4.79 Å². The molecule has 3 rings (SSSR count). The monoisotopic (exact) mass is 335 g/mol. The van der Waals surface area contributed by atoms with Gasteiger partial charge in [0.25, 0.3) is 5.91 Å². The van der Waals surface area contributed by atoms with Crippen LogP contribution in [0, 0.1) is 6.92 Å². The SMILES string of the molecule is Cc1nc(C(=O)NCCN2CCOCC2)cc(N2CCOCC2)n1. The number of nitrogens with zero attached hydrogens (tertiary/aromatic N) is 4. The average Bonchev–Trinajstić information content (AvgIpc) is 2.63. The number of rotatable bonds is 5. The lowest BCUT2D eigenvalue weighted by atomic mass is 10.3. The van der Waals surface area contributed by atoms with E-state index < -0.39 is 0 Å². The van der Waals surface area contributed by atoms with Crippen molar-refractivity contribution >= 4 is 11.7 Å². The minimum Gasteiger partial charge on any atom is -0.379 e. The van der Waals surface area contributed by atoms with Crippen molar-refractivity contribution in [1.82, 2.24) is 20.2 Å². The number of amides is 1. The summed E-state index contributed by atoms with van der Waals surface area (Å²) in [4.78, 5) is 25.5. The molecule has 24 heavy (non-hydrogen) atoms. The standard InChI is InChI=1S/C16H25N5O3/c1-13-18-14(12-15(19-13)21-6-10-24-11-7-21)16(22)17-2-3-20-4-8-23-9-5-20/h12H,2-11H2,1H3,(H,17,22). The quantitative estimate of drug-likeness (QED) is 0.790. The molecule has 1 aromatic heterocycles. The average molecular weight is 335 g/mol. The Balaban J connectivity index is 1.56.